The topological polar surface area (TPSA) is 33.2 Å². The van der Waals surface area contributed by atoms with Gasteiger partial charge in [-0.05, 0) is 42.9 Å². The van der Waals surface area contributed by atoms with Gasteiger partial charge in [-0.15, -0.1) is 0 Å². The summed E-state index contributed by atoms with van der Waals surface area (Å²) in [4.78, 5) is 18.6. The first kappa shape index (κ1) is 19.5. The van der Waals surface area contributed by atoms with Crippen molar-refractivity contribution in [3.05, 3.63) is 65.3 Å². The molecule has 0 radical (unpaired) electrons. The van der Waals surface area contributed by atoms with E-state index in [2.05, 4.69) is 4.98 Å². The van der Waals surface area contributed by atoms with Crippen molar-refractivity contribution in [3.63, 3.8) is 0 Å². The summed E-state index contributed by atoms with van der Waals surface area (Å²) >= 11 is 6.63. The van der Waals surface area contributed by atoms with E-state index < -0.39 is 5.67 Å². The maximum absolute atomic E-state index is 15.4. The molecule has 2 aliphatic rings. The second-order valence-electron chi connectivity index (χ2n) is 8.63. The van der Waals surface area contributed by atoms with Crippen LogP contribution in [0.5, 0.6) is 0 Å². The van der Waals surface area contributed by atoms with E-state index in [-0.39, 0.29) is 11.8 Å². The number of carbonyl (C=O) groups excluding carboxylic acids is 1. The average molecular weight is 423 g/mol. The van der Waals surface area contributed by atoms with Gasteiger partial charge in [-0.1, -0.05) is 54.1 Å². The first-order valence-corrected chi connectivity index (χ1v) is 11.0. The third-order valence-electron chi connectivity index (χ3n) is 6.39. The summed E-state index contributed by atoms with van der Waals surface area (Å²) in [6.07, 6.45) is 4.99. The predicted octanol–water partition coefficient (Wildman–Crippen LogP) is 5.84. The highest BCUT2D eigenvalue weighted by molar-refractivity contribution is 6.38. The number of hydrogen-bond donors (Lipinski definition) is 0. The van der Waals surface area contributed by atoms with Crippen LogP contribution in [0, 0.1) is 5.92 Å². The lowest BCUT2D eigenvalue weighted by Crippen LogP contribution is -2.46. The third kappa shape index (κ3) is 3.81. The van der Waals surface area contributed by atoms with E-state index in [4.69, 9.17) is 11.6 Å². The number of para-hydroxylation sites is 1. The molecule has 0 atom stereocenters. The van der Waals surface area contributed by atoms with Gasteiger partial charge in [-0.2, -0.15) is 0 Å². The second kappa shape index (κ2) is 7.66. The summed E-state index contributed by atoms with van der Waals surface area (Å²) in [5.41, 5.74) is 2.44. The fourth-order valence-electron chi connectivity index (χ4n) is 4.37. The molecule has 0 N–H and O–H groups in total. The van der Waals surface area contributed by atoms with Gasteiger partial charge < -0.3 is 4.90 Å². The van der Waals surface area contributed by atoms with Crippen LogP contribution in [0.1, 0.15) is 31.2 Å². The van der Waals surface area contributed by atoms with Gasteiger partial charge in [-0.3, -0.25) is 9.78 Å². The van der Waals surface area contributed by atoms with Gasteiger partial charge in [0.05, 0.1) is 10.5 Å². The maximum Gasteiger partial charge on any atom is 0.225 e. The number of alkyl halides is 1. The molecule has 154 valence electrons. The summed E-state index contributed by atoms with van der Waals surface area (Å²) < 4.78 is 15.4. The minimum atomic E-state index is -1.25. The molecule has 3 nitrogen and oxygen atoms in total. The number of pyridine rings is 1. The van der Waals surface area contributed by atoms with Crippen LogP contribution in [0.4, 0.5) is 4.39 Å². The Labute approximate surface area is 180 Å². The van der Waals surface area contributed by atoms with Gasteiger partial charge >= 0.3 is 0 Å². The Balaban J connectivity index is 1.29. The number of benzene rings is 2. The van der Waals surface area contributed by atoms with Crippen molar-refractivity contribution in [3.8, 4) is 11.1 Å². The molecule has 5 rings (SSSR count). The summed E-state index contributed by atoms with van der Waals surface area (Å²) in [5, 5.41) is 1.61. The molecule has 5 heteroatoms. The minimum absolute atomic E-state index is 0.209. The SMILES string of the molecule is O=C(C1CC1)N1CCC(F)(Cc2ccc(-c3cnc4ccccc4c3Cl)cc2)CC1. The minimum Gasteiger partial charge on any atom is -0.342 e. The molecule has 30 heavy (non-hydrogen) atoms. The molecule has 1 aliphatic carbocycles. The molecule has 2 fully saturated rings. The Hall–Kier alpha value is -2.46. The molecule has 1 amide bonds. The number of fused-ring (bicyclic) bond motifs is 1. The van der Waals surface area contributed by atoms with Gasteiger partial charge in [0.25, 0.3) is 0 Å². The van der Waals surface area contributed by atoms with Gasteiger partial charge in [0.2, 0.25) is 5.91 Å². The normalized spacial score (nSPS) is 18.5. The number of nitrogens with zero attached hydrogens (tertiary/aromatic N) is 2. The lowest BCUT2D eigenvalue weighted by Gasteiger charge is -2.36. The van der Waals surface area contributed by atoms with Crippen LogP contribution in [-0.2, 0) is 11.2 Å². The summed E-state index contributed by atoms with van der Waals surface area (Å²) in [7, 11) is 0. The molecule has 1 saturated heterocycles. The van der Waals surface area contributed by atoms with E-state index in [1.54, 1.807) is 6.20 Å². The first-order chi connectivity index (χ1) is 14.5. The quantitative estimate of drug-likeness (QED) is 0.529. The van der Waals surface area contributed by atoms with Crippen molar-refractivity contribution in [2.45, 2.75) is 37.8 Å². The summed E-state index contributed by atoms with van der Waals surface area (Å²) in [6, 6.07) is 15.7. The van der Waals surface area contributed by atoms with Crippen LogP contribution in [0.25, 0.3) is 22.0 Å². The Bertz CT molecular complexity index is 1090. The van der Waals surface area contributed by atoms with Crippen LogP contribution in [-0.4, -0.2) is 34.5 Å². The molecule has 2 heterocycles. The molecule has 1 saturated carbocycles. The smallest absolute Gasteiger partial charge is 0.225 e. The van der Waals surface area contributed by atoms with Gasteiger partial charge in [0.1, 0.15) is 5.67 Å². The van der Waals surface area contributed by atoms with Crippen LogP contribution in [0.2, 0.25) is 5.02 Å². The van der Waals surface area contributed by atoms with E-state index in [1.807, 2.05) is 53.4 Å². The molecular weight excluding hydrogens is 399 g/mol. The Morgan fingerprint density at radius 2 is 1.80 bits per heavy atom. The van der Waals surface area contributed by atoms with Crippen LogP contribution < -0.4 is 0 Å². The number of piperidine rings is 1. The highest BCUT2D eigenvalue weighted by Gasteiger charge is 2.40. The van der Waals surface area contributed by atoms with Crippen LogP contribution in [0.15, 0.2) is 54.7 Å². The highest BCUT2D eigenvalue weighted by Crippen LogP contribution is 2.36. The van der Waals surface area contributed by atoms with Gasteiger partial charge in [0, 0.05) is 42.6 Å². The van der Waals surface area contributed by atoms with Gasteiger partial charge in [-0.25, -0.2) is 4.39 Å². The highest BCUT2D eigenvalue weighted by atomic mass is 35.5. The Morgan fingerprint density at radius 1 is 1.10 bits per heavy atom. The van der Waals surface area contributed by atoms with Crippen molar-refractivity contribution in [1.29, 1.82) is 0 Å². The average Bonchev–Trinajstić information content (AvgIpc) is 3.60. The van der Waals surface area contributed by atoms with Crippen molar-refractivity contribution in [2.75, 3.05) is 13.1 Å². The van der Waals surface area contributed by atoms with E-state index in [0.717, 1.165) is 40.4 Å². The molecule has 2 aromatic carbocycles. The number of amides is 1. The van der Waals surface area contributed by atoms with E-state index in [0.29, 0.717) is 37.4 Å². The molecule has 3 aromatic rings. The molecule has 1 aliphatic heterocycles. The number of rotatable bonds is 4. The Morgan fingerprint density at radius 3 is 2.50 bits per heavy atom. The zero-order chi connectivity index (χ0) is 20.7. The van der Waals surface area contributed by atoms with E-state index in [1.165, 1.54) is 0 Å². The molecule has 0 bridgehead atoms. The van der Waals surface area contributed by atoms with E-state index in [9.17, 15) is 4.79 Å². The monoisotopic (exact) mass is 422 g/mol. The lowest BCUT2D eigenvalue weighted by molar-refractivity contribution is -0.135. The standard InChI is InChI=1S/C25H24ClFN2O/c26-23-20-3-1-2-4-22(20)28-16-21(23)18-7-5-17(6-8-18)15-25(27)11-13-29(14-12-25)24(30)19-9-10-19/h1-8,16,19H,9-15H2. The fraction of sp³-hybridized carbons (Fsp3) is 0.360. The number of likely N-dealkylation sites (tertiary alicyclic amines) is 1. The largest absolute Gasteiger partial charge is 0.342 e. The lowest BCUT2D eigenvalue weighted by atomic mass is 9.86. The molecule has 0 unspecified atom stereocenters. The van der Waals surface area contributed by atoms with Crippen molar-refractivity contribution < 1.29 is 9.18 Å². The van der Waals surface area contributed by atoms with Crippen LogP contribution >= 0.6 is 11.6 Å². The molecule has 1 aromatic heterocycles. The van der Waals surface area contributed by atoms with Gasteiger partial charge in [0.15, 0.2) is 0 Å². The zero-order valence-corrected chi connectivity index (χ0v) is 17.5. The zero-order valence-electron chi connectivity index (χ0n) is 16.8. The summed E-state index contributed by atoms with van der Waals surface area (Å²) in [5.74, 6) is 0.434. The van der Waals surface area contributed by atoms with E-state index >= 15 is 4.39 Å². The number of halogens is 2. The van der Waals surface area contributed by atoms with Crippen LogP contribution in [0.3, 0.4) is 0 Å². The fourth-order valence-corrected chi connectivity index (χ4v) is 4.69. The number of aromatic nitrogens is 1. The maximum atomic E-state index is 15.4. The second-order valence-corrected chi connectivity index (χ2v) is 9.01. The Kier molecular flexibility index (Phi) is 4.98. The number of carbonyl (C=O) groups is 1. The third-order valence-corrected chi connectivity index (χ3v) is 6.80. The van der Waals surface area contributed by atoms with Crippen molar-refractivity contribution in [2.24, 2.45) is 5.92 Å². The van der Waals surface area contributed by atoms with Crippen molar-refractivity contribution in [1.82, 2.24) is 9.88 Å². The molecule has 0 spiro atoms. The first-order valence-electron chi connectivity index (χ1n) is 10.6. The molecular formula is C25H24ClFN2O. The predicted molar refractivity (Wildman–Crippen MR) is 118 cm³/mol. The summed E-state index contributed by atoms with van der Waals surface area (Å²) in [6.45, 7) is 1.06. The van der Waals surface area contributed by atoms with Crippen molar-refractivity contribution >= 4 is 28.4 Å². The number of hydrogen-bond acceptors (Lipinski definition) is 2.